The first-order chi connectivity index (χ1) is 8.36. The van der Waals surface area contributed by atoms with Crippen LogP contribution in [0.3, 0.4) is 0 Å². The van der Waals surface area contributed by atoms with Crippen molar-refractivity contribution >= 4 is 17.6 Å². The molecule has 17 heavy (non-hydrogen) atoms. The van der Waals surface area contributed by atoms with Crippen molar-refractivity contribution in [3.05, 3.63) is 42.1 Å². The molecule has 0 fully saturated rings. The van der Waals surface area contributed by atoms with Gasteiger partial charge in [-0.1, -0.05) is 18.2 Å². The smallest absolute Gasteiger partial charge is 0.148 e. The summed E-state index contributed by atoms with van der Waals surface area (Å²) in [5.74, 6) is 2.05. The normalized spacial score (nSPS) is 18.1. The number of nitrogens with one attached hydrogen (secondary N) is 1. The average Bonchev–Trinajstić information content (AvgIpc) is 2.97. The minimum atomic E-state index is 0.386. The fourth-order valence-corrected chi connectivity index (χ4v) is 3.24. The highest BCUT2D eigenvalue weighted by atomic mass is 32.2. The molecule has 0 aliphatic carbocycles. The lowest BCUT2D eigenvalue weighted by atomic mass is 10.1. The van der Waals surface area contributed by atoms with Crippen molar-refractivity contribution in [1.29, 1.82) is 0 Å². The van der Waals surface area contributed by atoms with Crippen LogP contribution in [0.1, 0.15) is 18.5 Å². The summed E-state index contributed by atoms with van der Waals surface area (Å²) >= 11 is 1.91. The molecule has 0 saturated heterocycles. The first-order valence-corrected chi connectivity index (χ1v) is 6.87. The Labute approximate surface area is 105 Å². The third kappa shape index (κ3) is 2.05. The third-order valence-corrected chi connectivity index (χ3v) is 4.17. The maximum absolute atomic E-state index is 4.46. The Morgan fingerprint density at radius 2 is 2.29 bits per heavy atom. The van der Waals surface area contributed by atoms with Gasteiger partial charge in [0.25, 0.3) is 0 Å². The fraction of sp³-hybridized carbons (Fsp3) is 0.308. The van der Waals surface area contributed by atoms with E-state index in [-0.39, 0.29) is 0 Å². The van der Waals surface area contributed by atoms with Crippen molar-refractivity contribution in [1.82, 2.24) is 9.78 Å². The Kier molecular flexibility index (Phi) is 2.81. The number of aryl methyl sites for hydroxylation is 1. The van der Waals surface area contributed by atoms with Crippen LogP contribution in [0, 0.1) is 0 Å². The van der Waals surface area contributed by atoms with E-state index in [1.54, 1.807) is 0 Å². The van der Waals surface area contributed by atoms with Crippen molar-refractivity contribution in [2.24, 2.45) is 0 Å². The minimum Gasteiger partial charge on any atom is -0.361 e. The Balaban J connectivity index is 1.79. The molecule has 2 aromatic rings. The standard InChI is InChI=1S/C13H15N3S/c1-2-16-8-7-13(15-16)14-11-9-17-12-6-4-3-5-10(11)12/h3-8,11H,2,9H2,1H3,(H,14,15). The number of nitrogens with zero attached hydrogens (tertiary/aromatic N) is 2. The van der Waals surface area contributed by atoms with Crippen molar-refractivity contribution < 1.29 is 0 Å². The molecule has 0 radical (unpaired) electrons. The van der Waals surface area contributed by atoms with Crippen molar-refractivity contribution in [3.63, 3.8) is 0 Å². The lowest BCUT2D eigenvalue weighted by Gasteiger charge is -2.12. The molecule has 1 unspecified atom stereocenters. The molecular weight excluding hydrogens is 230 g/mol. The van der Waals surface area contributed by atoms with Crippen LogP contribution in [0.4, 0.5) is 5.82 Å². The molecule has 2 heterocycles. The summed E-state index contributed by atoms with van der Waals surface area (Å²) in [6.07, 6.45) is 2.01. The highest BCUT2D eigenvalue weighted by Crippen LogP contribution is 2.39. The van der Waals surface area contributed by atoms with Crippen LogP contribution in [0.15, 0.2) is 41.4 Å². The van der Waals surface area contributed by atoms with Crippen molar-refractivity contribution in [2.45, 2.75) is 24.4 Å². The fourth-order valence-electron chi connectivity index (χ4n) is 2.08. The molecule has 1 N–H and O–H groups in total. The topological polar surface area (TPSA) is 29.9 Å². The number of benzene rings is 1. The highest BCUT2D eigenvalue weighted by molar-refractivity contribution is 7.99. The third-order valence-electron chi connectivity index (χ3n) is 2.99. The molecule has 4 heteroatoms. The molecule has 1 atom stereocenters. The van der Waals surface area contributed by atoms with Crippen molar-refractivity contribution in [2.75, 3.05) is 11.1 Å². The highest BCUT2D eigenvalue weighted by Gasteiger charge is 2.22. The monoisotopic (exact) mass is 245 g/mol. The van der Waals surface area contributed by atoms with Gasteiger partial charge in [-0.2, -0.15) is 5.10 Å². The summed E-state index contributed by atoms with van der Waals surface area (Å²) in [6, 6.07) is 11.0. The Morgan fingerprint density at radius 1 is 1.41 bits per heavy atom. The summed E-state index contributed by atoms with van der Waals surface area (Å²) in [5.41, 5.74) is 1.39. The number of hydrogen-bond acceptors (Lipinski definition) is 3. The molecule has 1 aliphatic heterocycles. The second-order valence-corrected chi connectivity index (χ2v) is 5.16. The number of rotatable bonds is 3. The van der Waals surface area contributed by atoms with Crippen LogP contribution in [0.2, 0.25) is 0 Å². The van der Waals surface area contributed by atoms with Gasteiger partial charge in [-0.25, -0.2) is 0 Å². The molecule has 1 aliphatic rings. The molecule has 3 nitrogen and oxygen atoms in total. The Hall–Kier alpha value is -1.42. The van der Waals surface area contributed by atoms with Crippen LogP contribution >= 0.6 is 11.8 Å². The lowest BCUT2D eigenvalue weighted by molar-refractivity contribution is 0.659. The molecule has 0 saturated carbocycles. The predicted molar refractivity (Wildman–Crippen MR) is 71.4 cm³/mol. The number of hydrogen-bond donors (Lipinski definition) is 1. The van der Waals surface area contributed by atoms with E-state index in [1.807, 2.05) is 28.7 Å². The minimum absolute atomic E-state index is 0.386. The van der Waals surface area contributed by atoms with E-state index in [9.17, 15) is 0 Å². The molecule has 0 bridgehead atoms. The molecule has 88 valence electrons. The number of thioether (sulfide) groups is 1. The van der Waals surface area contributed by atoms with Gasteiger partial charge in [-0.15, -0.1) is 11.8 Å². The second kappa shape index (κ2) is 4.45. The molecular formula is C13H15N3S. The molecule has 0 amide bonds. The zero-order valence-corrected chi connectivity index (χ0v) is 10.6. The van der Waals surface area contributed by atoms with Crippen molar-refractivity contribution in [3.8, 4) is 0 Å². The van der Waals surface area contributed by atoms with Gasteiger partial charge in [0, 0.05) is 29.5 Å². The zero-order valence-electron chi connectivity index (χ0n) is 9.76. The van der Waals surface area contributed by atoms with Gasteiger partial charge in [0.15, 0.2) is 0 Å². The quantitative estimate of drug-likeness (QED) is 0.900. The van der Waals surface area contributed by atoms with E-state index in [2.05, 4.69) is 41.6 Å². The van der Waals surface area contributed by atoms with Crippen LogP contribution in [-0.2, 0) is 6.54 Å². The van der Waals surface area contributed by atoms with Crippen LogP contribution < -0.4 is 5.32 Å². The summed E-state index contributed by atoms with van der Waals surface area (Å²) in [7, 11) is 0. The number of aromatic nitrogens is 2. The maximum Gasteiger partial charge on any atom is 0.148 e. The van der Waals surface area contributed by atoms with Crippen LogP contribution in [0.5, 0.6) is 0 Å². The summed E-state index contributed by atoms with van der Waals surface area (Å²) in [6.45, 7) is 3.01. The van der Waals surface area contributed by atoms with Gasteiger partial charge < -0.3 is 5.32 Å². The average molecular weight is 245 g/mol. The zero-order chi connectivity index (χ0) is 11.7. The number of anilines is 1. The van der Waals surface area contributed by atoms with E-state index in [4.69, 9.17) is 0 Å². The van der Waals surface area contributed by atoms with Gasteiger partial charge in [0.05, 0.1) is 6.04 Å². The number of fused-ring (bicyclic) bond motifs is 1. The largest absolute Gasteiger partial charge is 0.361 e. The summed E-state index contributed by atoms with van der Waals surface area (Å²) in [5, 5.41) is 7.96. The Bertz CT molecular complexity index is 521. The molecule has 3 rings (SSSR count). The van der Waals surface area contributed by atoms with E-state index >= 15 is 0 Å². The first kappa shape index (κ1) is 10.7. The summed E-state index contributed by atoms with van der Waals surface area (Å²) < 4.78 is 1.94. The predicted octanol–water partition coefficient (Wildman–Crippen LogP) is 3.16. The summed E-state index contributed by atoms with van der Waals surface area (Å²) in [4.78, 5) is 1.39. The molecule has 1 aromatic heterocycles. The van der Waals surface area contributed by atoms with E-state index < -0.39 is 0 Å². The Morgan fingerprint density at radius 3 is 3.12 bits per heavy atom. The SMILES string of the molecule is CCn1ccc(NC2CSc3ccccc32)n1. The van der Waals surface area contributed by atoms with Crippen LogP contribution in [0.25, 0.3) is 0 Å². The van der Waals surface area contributed by atoms with E-state index in [1.165, 1.54) is 10.5 Å². The van der Waals surface area contributed by atoms with Gasteiger partial charge in [0.2, 0.25) is 0 Å². The molecule has 1 aromatic carbocycles. The van der Waals surface area contributed by atoms with Gasteiger partial charge in [-0.05, 0) is 18.6 Å². The molecule has 0 spiro atoms. The van der Waals surface area contributed by atoms with Gasteiger partial charge in [0.1, 0.15) is 5.82 Å². The first-order valence-electron chi connectivity index (χ1n) is 5.88. The maximum atomic E-state index is 4.46. The van der Waals surface area contributed by atoms with Gasteiger partial charge in [-0.3, -0.25) is 4.68 Å². The lowest BCUT2D eigenvalue weighted by Crippen LogP contribution is -2.10. The van der Waals surface area contributed by atoms with E-state index in [0.717, 1.165) is 18.1 Å². The van der Waals surface area contributed by atoms with Gasteiger partial charge >= 0.3 is 0 Å². The van der Waals surface area contributed by atoms with Crippen LogP contribution in [-0.4, -0.2) is 15.5 Å². The van der Waals surface area contributed by atoms with E-state index in [0.29, 0.717) is 6.04 Å². The second-order valence-electron chi connectivity index (χ2n) is 4.10.